The summed E-state index contributed by atoms with van der Waals surface area (Å²) in [6.45, 7) is 10.1. The molecule has 0 spiro atoms. The Bertz CT molecular complexity index is 383. The zero-order chi connectivity index (χ0) is 13.7. The van der Waals surface area contributed by atoms with Crippen LogP contribution in [0.5, 0.6) is 0 Å². The van der Waals surface area contributed by atoms with Crippen LogP contribution in [0.1, 0.15) is 44.0 Å². The van der Waals surface area contributed by atoms with Crippen molar-refractivity contribution in [3.8, 4) is 0 Å². The van der Waals surface area contributed by atoms with Crippen molar-refractivity contribution in [2.45, 2.75) is 39.7 Å². The van der Waals surface area contributed by atoms with E-state index < -0.39 is 0 Å². The molecular formula is C16H27N3. The second kappa shape index (κ2) is 7.01. The Morgan fingerprint density at radius 3 is 2.74 bits per heavy atom. The SMILES string of the molecule is Cc1cccnc1C(NCC1CCNCC1)C(C)C. The highest BCUT2D eigenvalue weighted by atomic mass is 15.0. The first-order chi connectivity index (χ1) is 9.18. The van der Waals surface area contributed by atoms with E-state index in [1.54, 1.807) is 0 Å². The highest BCUT2D eigenvalue weighted by Crippen LogP contribution is 2.23. The lowest BCUT2D eigenvalue weighted by Gasteiger charge is -2.28. The van der Waals surface area contributed by atoms with Gasteiger partial charge in [0.05, 0.1) is 11.7 Å². The Morgan fingerprint density at radius 1 is 1.37 bits per heavy atom. The summed E-state index contributed by atoms with van der Waals surface area (Å²) in [5.41, 5.74) is 2.51. The summed E-state index contributed by atoms with van der Waals surface area (Å²) in [5, 5.41) is 7.18. The summed E-state index contributed by atoms with van der Waals surface area (Å²) >= 11 is 0. The minimum absolute atomic E-state index is 0.371. The molecule has 3 nitrogen and oxygen atoms in total. The van der Waals surface area contributed by atoms with Crippen molar-refractivity contribution in [2.75, 3.05) is 19.6 Å². The fraction of sp³-hybridized carbons (Fsp3) is 0.688. The standard InChI is InChI=1S/C16H27N3/c1-12(2)15(16-13(3)5-4-8-18-16)19-11-14-6-9-17-10-7-14/h4-5,8,12,14-15,17,19H,6-7,9-11H2,1-3H3. The van der Waals surface area contributed by atoms with Crippen molar-refractivity contribution in [2.24, 2.45) is 11.8 Å². The molecule has 0 saturated carbocycles. The maximum absolute atomic E-state index is 4.59. The number of pyridine rings is 1. The Hall–Kier alpha value is -0.930. The Balaban J connectivity index is 1.98. The van der Waals surface area contributed by atoms with E-state index in [-0.39, 0.29) is 0 Å². The first kappa shape index (κ1) is 14.5. The molecule has 3 heteroatoms. The molecule has 19 heavy (non-hydrogen) atoms. The molecule has 1 atom stereocenters. The van der Waals surface area contributed by atoms with Gasteiger partial charge in [0.2, 0.25) is 0 Å². The van der Waals surface area contributed by atoms with Crippen molar-refractivity contribution in [3.63, 3.8) is 0 Å². The van der Waals surface area contributed by atoms with Gasteiger partial charge in [0.15, 0.2) is 0 Å². The summed E-state index contributed by atoms with van der Waals surface area (Å²) in [6, 6.07) is 4.54. The molecule has 2 N–H and O–H groups in total. The molecular weight excluding hydrogens is 234 g/mol. The van der Waals surface area contributed by atoms with E-state index in [4.69, 9.17) is 0 Å². The fourth-order valence-corrected chi connectivity index (χ4v) is 2.85. The van der Waals surface area contributed by atoms with Gasteiger partial charge in [-0.3, -0.25) is 4.98 Å². The lowest BCUT2D eigenvalue weighted by atomic mass is 9.94. The van der Waals surface area contributed by atoms with Gasteiger partial charge < -0.3 is 10.6 Å². The summed E-state index contributed by atoms with van der Waals surface area (Å²) in [5.74, 6) is 1.38. The number of aromatic nitrogens is 1. The molecule has 0 amide bonds. The van der Waals surface area contributed by atoms with Gasteiger partial charge in [-0.05, 0) is 62.9 Å². The third kappa shape index (κ3) is 4.02. The molecule has 1 unspecified atom stereocenters. The Labute approximate surface area is 117 Å². The number of hydrogen-bond acceptors (Lipinski definition) is 3. The molecule has 1 aromatic rings. The second-order valence-electron chi connectivity index (χ2n) is 6.03. The molecule has 1 fully saturated rings. The molecule has 0 bridgehead atoms. The van der Waals surface area contributed by atoms with Crippen molar-refractivity contribution >= 4 is 0 Å². The van der Waals surface area contributed by atoms with Gasteiger partial charge in [0.25, 0.3) is 0 Å². The lowest BCUT2D eigenvalue weighted by molar-refractivity contribution is 0.314. The van der Waals surface area contributed by atoms with Gasteiger partial charge in [-0.1, -0.05) is 19.9 Å². The number of piperidine rings is 1. The maximum Gasteiger partial charge on any atom is 0.0604 e. The van der Waals surface area contributed by atoms with E-state index in [0.29, 0.717) is 12.0 Å². The highest BCUT2D eigenvalue weighted by Gasteiger charge is 2.21. The van der Waals surface area contributed by atoms with Gasteiger partial charge in [-0.25, -0.2) is 0 Å². The van der Waals surface area contributed by atoms with Gasteiger partial charge >= 0.3 is 0 Å². The van der Waals surface area contributed by atoms with Gasteiger partial charge in [0.1, 0.15) is 0 Å². The highest BCUT2D eigenvalue weighted by molar-refractivity contribution is 5.21. The number of nitrogens with one attached hydrogen (secondary N) is 2. The summed E-state index contributed by atoms with van der Waals surface area (Å²) < 4.78 is 0. The van der Waals surface area contributed by atoms with Crippen LogP contribution >= 0.6 is 0 Å². The summed E-state index contributed by atoms with van der Waals surface area (Å²) in [7, 11) is 0. The molecule has 1 saturated heterocycles. The molecule has 106 valence electrons. The van der Waals surface area contributed by atoms with E-state index in [0.717, 1.165) is 12.5 Å². The molecule has 0 aliphatic carbocycles. The third-order valence-corrected chi connectivity index (χ3v) is 4.10. The Kier molecular flexibility index (Phi) is 5.34. The molecule has 0 radical (unpaired) electrons. The summed E-state index contributed by atoms with van der Waals surface area (Å²) in [6.07, 6.45) is 4.49. The van der Waals surface area contributed by atoms with E-state index in [1.807, 2.05) is 12.3 Å². The lowest BCUT2D eigenvalue weighted by Crippen LogP contribution is -2.36. The number of nitrogens with zero attached hydrogens (tertiary/aromatic N) is 1. The smallest absolute Gasteiger partial charge is 0.0604 e. The topological polar surface area (TPSA) is 37.0 Å². The van der Waals surface area contributed by atoms with E-state index in [2.05, 4.69) is 42.5 Å². The average Bonchev–Trinajstić information content (AvgIpc) is 2.42. The number of hydrogen-bond donors (Lipinski definition) is 2. The van der Waals surface area contributed by atoms with Crippen LogP contribution in [0.4, 0.5) is 0 Å². The predicted octanol–water partition coefficient (Wildman–Crippen LogP) is 2.68. The van der Waals surface area contributed by atoms with Gasteiger partial charge in [-0.15, -0.1) is 0 Å². The van der Waals surface area contributed by atoms with Crippen LogP contribution in [-0.4, -0.2) is 24.6 Å². The van der Waals surface area contributed by atoms with Crippen LogP contribution in [-0.2, 0) is 0 Å². The van der Waals surface area contributed by atoms with Crippen molar-refractivity contribution < 1.29 is 0 Å². The van der Waals surface area contributed by atoms with Crippen LogP contribution in [0.2, 0.25) is 0 Å². The van der Waals surface area contributed by atoms with Crippen LogP contribution < -0.4 is 10.6 Å². The minimum atomic E-state index is 0.371. The Morgan fingerprint density at radius 2 is 2.11 bits per heavy atom. The van der Waals surface area contributed by atoms with Gasteiger partial charge in [-0.2, -0.15) is 0 Å². The monoisotopic (exact) mass is 261 g/mol. The zero-order valence-electron chi connectivity index (χ0n) is 12.4. The number of aryl methyl sites for hydroxylation is 1. The van der Waals surface area contributed by atoms with Crippen LogP contribution in [0.25, 0.3) is 0 Å². The molecule has 0 aromatic carbocycles. The second-order valence-corrected chi connectivity index (χ2v) is 6.03. The van der Waals surface area contributed by atoms with E-state index >= 15 is 0 Å². The first-order valence-corrected chi connectivity index (χ1v) is 7.54. The molecule has 1 aliphatic heterocycles. The van der Waals surface area contributed by atoms with Crippen LogP contribution in [0.15, 0.2) is 18.3 Å². The minimum Gasteiger partial charge on any atom is -0.317 e. The predicted molar refractivity (Wildman–Crippen MR) is 80.1 cm³/mol. The van der Waals surface area contributed by atoms with E-state index in [1.165, 1.54) is 37.2 Å². The van der Waals surface area contributed by atoms with Crippen molar-refractivity contribution in [1.82, 2.24) is 15.6 Å². The quantitative estimate of drug-likeness (QED) is 0.855. The number of rotatable bonds is 5. The van der Waals surface area contributed by atoms with Gasteiger partial charge in [0, 0.05) is 6.20 Å². The van der Waals surface area contributed by atoms with Crippen molar-refractivity contribution in [1.29, 1.82) is 0 Å². The average molecular weight is 261 g/mol. The zero-order valence-corrected chi connectivity index (χ0v) is 12.4. The summed E-state index contributed by atoms with van der Waals surface area (Å²) in [4.78, 5) is 4.59. The van der Waals surface area contributed by atoms with Crippen LogP contribution in [0.3, 0.4) is 0 Å². The molecule has 1 aromatic heterocycles. The normalized spacial score (nSPS) is 18.7. The maximum atomic E-state index is 4.59. The molecule has 2 heterocycles. The molecule has 2 rings (SSSR count). The molecule has 1 aliphatic rings. The first-order valence-electron chi connectivity index (χ1n) is 7.54. The largest absolute Gasteiger partial charge is 0.317 e. The van der Waals surface area contributed by atoms with E-state index in [9.17, 15) is 0 Å². The fourth-order valence-electron chi connectivity index (χ4n) is 2.85. The van der Waals surface area contributed by atoms with Crippen LogP contribution in [0, 0.1) is 18.8 Å². The van der Waals surface area contributed by atoms with Crippen molar-refractivity contribution in [3.05, 3.63) is 29.6 Å². The third-order valence-electron chi connectivity index (χ3n) is 4.10.